The summed E-state index contributed by atoms with van der Waals surface area (Å²) in [7, 11) is 0. The molecule has 0 bridgehead atoms. The first-order chi connectivity index (χ1) is 8.10. The molecule has 1 saturated heterocycles. The van der Waals surface area contributed by atoms with E-state index in [1.54, 1.807) is 13.1 Å². The second-order valence-electron chi connectivity index (χ2n) is 4.32. The molecule has 6 heteroatoms. The number of ether oxygens (including phenoxy) is 1. The Labute approximate surface area is 99.5 Å². The van der Waals surface area contributed by atoms with Gasteiger partial charge in [-0.3, -0.25) is 4.79 Å². The third-order valence-electron chi connectivity index (χ3n) is 2.91. The lowest BCUT2D eigenvalue weighted by atomic mass is 9.90. The van der Waals surface area contributed by atoms with Gasteiger partial charge < -0.3 is 20.2 Å². The Bertz CT molecular complexity index is 396. The average Bonchev–Trinajstić information content (AvgIpc) is 2.73. The summed E-state index contributed by atoms with van der Waals surface area (Å²) >= 11 is 0. The van der Waals surface area contributed by atoms with Gasteiger partial charge in [0.05, 0.1) is 18.3 Å². The van der Waals surface area contributed by atoms with Gasteiger partial charge in [0.25, 0.3) is 0 Å². The van der Waals surface area contributed by atoms with Crippen molar-refractivity contribution in [2.45, 2.75) is 31.8 Å². The zero-order valence-corrected chi connectivity index (χ0v) is 9.86. The number of oxazole rings is 1. The van der Waals surface area contributed by atoms with Gasteiger partial charge >= 0.3 is 0 Å². The number of carbonyl (C=O) groups excluding carboxylic acids is 1. The predicted octanol–water partition coefficient (Wildman–Crippen LogP) is 0.107. The van der Waals surface area contributed by atoms with E-state index in [2.05, 4.69) is 10.3 Å². The molecular weight excluding hydrogens is 222 g/mol. The number of nitrogens with one attached hydrogen (secondary N) is 1. The molecule has 0 aliphatic carbocycles. The molecule has 17 heavy (non-hydrogen) atoms. The van der Waals surface area contributed by atoms with Crippen molar-refractivity contribution in [3.8, 4) is 0 Å². The maximum Gasteiger partial charge on any atom is 0.240 e. The monoisotopic (exact) mass is 239 g/mol. The second-order valence-corrected chi connectivity index (χ2v) is 4.32. The van der Waals surface area contributed by atoms with Crippen LogP contribution in [0.25, 0.3) is 0 Å². The highest BCUT2D eigenvalue weighted by Gasteiger charge is 2.35. The molecule has 0 unspecified atom stereocenters. The fourth-order valence-electron chi connectivity index (χ4n) is 1.78. The summed E-state index contributed by atoms with van der Waals surface area (Å²) < 4.78 is 10.5. The van der Waals surface area contributed by atoms with Crippen LogP contribution in [0, 0.1) is 6.92 Å². The van der Waals surface area contributed by atoms with Crippen molar-refractivity contribution in [1.82, 2.24) is 10.3 Å². The first-order valence-electron chi connectivity index (χ1n) is 5.66. The molecule has 0 spiro atoms. The molecule has 2 heterocycles. The van der Waals surface area contributed by atoms with Crippen LogP contribution in [0.2, 0.25) is 0 Å². The van der Waals surface area contributed by atoms with Gasteiger partial charge in [0.2, 0.25) is 11.8 Å². The number of rotatable bonds is 3. The van der Waals surface area contributed by atoms with E-state index in [-0.39, 0.29) is 12.5 Å². The van der Waals surface area contributed by atoms with Crippen LogP contribution in [-0.2, 0) is 16.1 Å². The highest BCUT2D eigenvalue weighted by molar-refractivity contribution is 5.86. The Kier molecular flexibility index (Phi) is 3.44. The lowest BCUT2D eigenvalue weighted by Gasteiger charge is -2.31. The third kappa shape index (κ3) is 2.83. The van der Waals surface area contributed by atoms with Crippen LogP contribution in [0.4, 0.5) is 0 Å². The molecule has 1 aromatic rings. The van der Waals surface area contributed by atoms with Crippen LogP contribution in [0.1, 0.15) is 24.5 Å². The molecule has 94 valence electrons. The number of nitrogens with zero attached hydrogens (tertiary/aromatic N) is 1. The number of aromatic nitrogens is 1. The van der Waals surface area contributed by atoms with Crippen LogP contribution in [0.15, 0.2) is 10.6 Å². The molecule has 0 saturated carbocycles. The van der Waals surface area contributed by atoms with E-state index in [4.69, 9.17) is 14.9 Å². The van der Waals surface area contributed by atoms with Gasteiger partial charge in [-0.15, -0.1) is 0 Å². The number of hydrogen-bond donors (Lipinski definition) is 2. The largest absolute Gasteiger partial charge is 0.444 e. The lowest BCUT2D eigenvalue weighted by Crippen LogP contribution is -2.56. The summed E-state index contributed by atoms with van der Waals surface area (Å²) in [6.07, 6.45) is 2.71. The molecule has 1 aromatic heterocycles. The molecular formula is C11H17N3O3. The van der Waals surface area contributed by atoms with Crippen molar-refractivity contribution in [2.24, 2.45) is 5.73 Å². The zero-order chi connectivity index (χ0) is 12.3. The molecule has 0 aromatic carbocycles. The minimum atomic E-state index is -0.820. The fourth-order valence-corrected chi connectivity index (χ4v) is 1.78. The molecule has 2 rings (SSSR count). The van der Waals surface area contributed by atoms with Gasteiger partial charge in [0.15, 0.2) is 0 Å². The summed E-state index contributed by atoms with van der Waals surface area (Å²) in [5.74, 6) is 1.05. The maximum atomic E-state index is 11.9. The number of nitrogens with two attached hydrogens (primary N) is 1. The molecule has 1 aliphatic rings. The fraction of sp³-hybridized carbons (Fsp3) is 0.636. The Hall–Kier alpha value is -1.40. The van der Waals surface area contributed by atoms with E-state index in [0.717, 1.165) is 5.76 Å². The Balaban J connectivity index is 1.88. The Morgan fingerprint density at radius 3 is 2.88 bits per heavy atom. The van der Waals surface area contributed by atoms with Gasteiger partial charge in [0.1, 0.15) is 5.76 Å². The van der Waals surface area contributed by atoms with Crippen LogP contribution in [0.5, 0.6) is 0 Å². The van der Waals surface area contributed by atoms with Crippen LogP contribution in [0.3, 0.4) is 0 Å². The molecule has 0 atom stereocenters. The summed E-state index contributed by atoms with van der Waals surface area (Å²) in [5, 5.41) is 2.75. The van der Waals surface area contributed by atoms with Gasteiger partial charge in [-0.2, -0.15) is 0 Å². The van der Waals surface area contributed by atoms with Gasteiger partial charge in [-0.1, -0.05) is 0 Å². The third-order valence-corrected chi connectivity index (χ3v) is 2.91. The maximum absolute atomic E-state index is 11.9. The molecule has 1 fully saturated rings. The molecule has 6 nitrogen and oxygen atoms in total. The van der Waals surface area contributed by atoms with Crippen molar-refractivity contribution >= 4 is 5.91 Å². The van der Waals surface area contributed by atoms with E-state index in [0.29, 0.717) is 31.9 Å². The minimum Gasteiger partial charge on any atom is -0.444 e. The van der Waals surface area contributed by atoms with Crippen LogP contribution >= 0.6 is 0 Å². The zero-order valence-electron chi connectivity index (χ0n) is 9.86. The predicted molar refractivity (Wildman–Crippen MR) is 60.1 cm³/mol. The summed E-state index contributed by atoms with van der Waals surface area (Å²) in [6.45, 7) is 3.14. The summed E-state index contributed by atoms with van der Waals surface area (Å²) in [6, 6.07) is 0. The van der Waals surface area contributed by atoms with E-state index in [9.17, 15) is 4.79 Å². The second kappa shape index (κ2) is 4.85. The molecule has 3 N–H and O–H groups in total. The Morgan fingerprint density at radius 1 is 1.59 bits per heavy atom. The summed E-state index contributed by atoms with van der Waals surface area (Å²) in [5.41, 5.74) is 5.21. The SMILES string of the molecule is Cc1cnc(CNC(=O)C2(N)CCOCC2)o1. The highest BCUT2D eigenvalue weighted by atomic mass is 16.5. The van der Waals surface area contributed by atoms with Crippen LogP contribution < -0.4 is 11.1 Å². The van der Waals surface area contributed by atoms with E-state index >= 15 is 0 Å². The molecule has 1 amide bonds. The summed E-state index contributed by atoms with van der Waals surface area (Å²) in [4.78, 5) is 15.9. The minimum absolute atomic E-state index is 0.170. The van der Waals surface area contributed by atoms with E-state index < -0.39 is 5.54 Å². The van der Waals surface area contributed by atoms with E-state index in [1.165, 1.54) is 0 Å². The Morgan fingerprint density at radius 2 is 2.29 bits per heavy atom. The van der Waals surface area contributed by atoms with E-state index in [1.807, 2.05) is 0 Å². The topological polar surface area (TPSA) is 90.4 Å². The van der Waals surface area contributed by atoms with Gasteiger partial charge in [-0.25, -0.2) is 4.98 Å². The molecule has 1 aliphatic heterocycles. The number of amides is 1. The first kappa shape index (κ1) is 12.1. The first-order valence-corrected chi connectivity index (χ1v) is 5.66. The van der Waals surface area contributed by atoms with Crippen molar-refractivity contribution < 1.29 is 13.9 Å². The van der Waals surface area contributed by atoms with Crippen molar-refractivity contribution in [3.63, 3.8) is 0 Å². The van der Waals surface area contributed by atoms with Crippen molar-refractivity contribution in [1.29, 1.82) is 0 Å². The number of aryl methyl sites for hydroxylation is 1. The van der Waals surface area contributed by atoms with Crippen LogP contribution in [-0.4, -0.2) is 29.6 Å². The smallest absolute Gasteiger partial charge is 0.240 e. The van der Waals surface area contributed by atoms with Gasteiger partial charge in [-0.05, 0) is 19.8 Å². The normalized spacial score (nSPS) is 18.9. The molecule has 0 radical (unpaired) electrons. The van der Waals surface area contributed by atoms with Crippen molar-refractivity contribution in [3.05, 3.63) is 17.8 Å². The standard InChI is InChI=1S/C11H17N3O3/c1-8-6-13-9(17-8)7-14-10(15)11(12)2-4-16-5-3-11/h6H,2-5,7,12H2,1H3,(H,14,15). The quantitative estimate of drug-likeness (QED) is 0.781. The number of hydrogen-bond acceptors (Lipinski definition) is 5. The highest BCUT2D eigenvalue weighted by Crippen LogP contribution is 2.17. The average molecular weight is 239 g/mol. The number of carbonyl (C=O) groups is 1. The lowest BCUT2D eigenvalue weighted by molar-refractivity contribution is -0.130. The van der Waals surface area contributed by atoms with Gasteiger partial charge in [0, 0.05) is 13.2 Å². The van der Waals surface area contributed by atoms with Crippen molar-refractivity contribution in [2.75, 3.05) is 13.2 Å².